The van der Waals surface area contributed by atoms with Crippen molar-refractivity contribution in [2.45, 2.75) is 46.0 Å². The predicted octanol–water partition coefficient (Wildman–Crippen LogP) is 2.98. The SMILES string of the molecule is C1CCC1.CCC. The third-order valence-electron chi connectivity index (χ3n) is 1.000. The summed E-state index contributed by atoms with van der Waals surface area (Å²) in [6.45, 7) is 4.25. The van der Waals surface area contributed by atoms with Crippen LogP contribution in [0.5, 0.6) is 0 Å². The summed E-state index contributed by atoms with van der Waals surface area (Å²) in [6.07, 6.45) is 7.25. The smallest absolute Gasteiger partial charge is 0.0533 e. The van der Waals surface area contributed by atoms with Gasteiger partial charge in [0.1, 0.15) is 0 Å². The van der Waals surface area contributed by atoms with Crippen LogP contribution >= 0.6 is 0 Å². The van der Waals surface area contributed by atoms with Gasteiger partial charge in [-0.05, 0) is 0 Å². The molecule has 1 rings (SSSR count). The van der Waals surface area contributed by atoms with Crippen molar-refractivity contribution in [3.8, 4) is 0 Å². The van der Waals surface area contributed by atoms with Crippen LogP contribution in [0.4, 0.5) is 0 Å². The van der Waals surface area contributed by atoms with Crippen molar-refractivity contribution in [3.05, 3.63) is 0 Å². The number of hydrogen-bond donors (Lipinski definition) is 0. The normalized spacial score (nSPS) is 16.3. The zero-order chi connectivity index (χ0) is 5.54. The average Bonchev–Trinajstić information content (AvgIpc) is 1.27. The van der Waals surface area contributed by atoms with Crippen molar-refractivity contribution in [2.24, 2.45) is 0 Å². The van der Waals surface area contributed by atoms with Crippen molar-refractivity contribution >= 4 is 0 Å². The maximum atomic E-state index is 2.12. The van der Waals surface area contributed by atoms with Gasteiger partial charge < -0.3 is 0 Å². The van der Waals surface area contributed by atoms with Crippen LogP contribution in [0, 0.1) is 0 Å². The Balaban J connectivity index is 0.000000110. The van der Waals surface area contributed by atoms with Crippen molar-refractivity contribution in [1.29, 1.82) is 0 Å². The molecule has 0 atom stereocenters. The summed E-state index contributed by atoms with van der Waals surface area (Å²) in [4.78, 5) is 0. The zero-order valence-corrected chi connectivity index (χ0v) is 5.54. The number of hydrogen-bond acceptors (Lipinski definition) is 0. The molecule has 0 spiro atoms. The summed E-state index contributed by atoms with van der Waals surface area (Å²) in [5, 5.41) is 0. The lowest BCUT2D eigenvalue weighted by atomic mass is 10.0. The first-order valence-electron chi connectivity index (χ1n) is 3.41. The second-order valence-corrected chi connectivity index (χ2v) is 2.12. The van der Waals surface area contributed by atoms with E-state index in [9.17, 15) is 0 Å². The van der Waals surface area contributed by atoms with Gasteiger partial charge in [0.25, 0.3) is 0 Å². The van der Waals surface area contributed by atoms with E-state index in [1.807, 2.05) is 0 Å². The number of rotatable bonds is 0. The Labute approximate surface area is 46.9 Å². The van der Waals surface area contributed by atoms with Crippen LogP contribution in [0.2, 0.25) is 0 Å². The molecule has 1 saturated carbocycles. The minimum Gasteiger partial charge on any atom is -0.0656 e. The molecular weight excluding hydrogens is 84.1 g/mol. The molecule has 0 heteroatoms. The van der Waals surface area contributed by atoms with Crippen LogP contribution in [-0.2, 0) is 0 Å². The van der Waals surface area contributed by atoms with Gasteiger partial charge in [-0.3, -0.25) is 0 Å². The molecule has 0 saturated heterocycles. The van der Waals surface area contributed by atoms with Gasteiger partial charge in [-0.15, -0.1) is 0 Å². The first-order chi connectivity index (χ1) is 3.41. The fourth-order valence-electron chi connectivity index (χ4n) is 0.250. The Hall–Kier alpha value is 0. The molecule has 0 unspecified atom stereocenters. The molecule has 0 bridgehead atoms. The van der Waals surface area contributed by atoms with E-state index in [0.717, 1.165) is 0 Å². The van der Waals surface area contributed by atoms with E-state index in [1.54, 1.807) is 0 Å². The molecule has 7 heavy (non-hydrogen) atoms. The monoisotopic (exact) mass is 100 g/mol. The molecule has 1 aliphatic rings. The summed E-state index contributed by atoms with van der Waals surface area (Å²) >= 11 is 0. The van der Waals surface area contributed by atoms with E-state index in [1.165, 1.54) is 32.1 Å². The molecule has 44 valence electrons. The average molecular weight is 100 g/mol. The van der Waals surface area contributed by atoms with Gasteiger partial charge in [0.15, 0.2) is 0 Å². The van der Waals surface area contributed by atoms with Gasteiger partial charge in [-0.2, -0.15) is 0 Å². The van der Waals surface area contributed by atoms with Crippen LogP contribution in [0.25, 0.3) is 0 Å². The minimum absolute atomic E-state index is 1.25. The summed E-state index contributed by atoms with van der Waals surface area (Å²) in [7, 11) is 0. The maximum absolute atomic E-state index is 2.12. The first-order valence-corrected chi connectivity index (χ1v) is 3.41. The van der Waals surface area contributed by atoms with E-state index in [2.05, 4.69) is 13.8 Å². The summed E-state index contributed by atoms with van der Waals surface area (Å²) in [6, 6.07) is 0. The molecule has 1 aliphatic carbocycles. The quantitative estimate of drug-likeness (QED) is 0.439. The molecule has 0 amide bonds. The Morgan fingerprint density at radius 3 is 1.00 bits per heavy atom. The van der Waals surface area contributed by atoms with Crippen molar-refractivity contribution < 1.29 is 0 Å². The van der Waals surface area contributed by atoms with Gasteiger partial charge in [0.05, 0.1) is 0 Å². The molecule has 1 fully saturated rings. The topological polar surface area (TPSA) is 0 Å². The molecule has 0 aliphatic heterocycles. The van der Waals surface area contributed by atoms with E-state index in [-0.39, 0.29) is 0 Å². The van der Waals surface area contributed by atoms with E-state index < -0.39 is 0 Å². The van der Waals surface area contributed by atoms with Gasteiger partial charge in [0, 0.05) is 0 Å². The van der Waals surface area contributed by atoms with Crippen molar-refractivity contribution in [3.63, 3.8) is 0 Å². The van der Waals surface area contributed by atoms with Gasteiger partial charge in [0.2, 0.25) is 0 Å². The van der Waals surface area contributed by atoms with E-state index in [0.29, 0.717) is 0 Å². The Kier molecular flexibility index (Phi) is 6.00. The molecule has 0 radical (unpaired) electrons. The van der Waals surface area contributed by atoms with Crippen LogP contribution in [0.15, 0.2) is 0 Å². The predicted molar refractivity (Wildman–Crippen MR) is 34.4 cm³/mol. The molecule has 0 N–H and O–H groups in total. The summed E-state index contributed by atoms with van der Waals surface area (Å²) in [5.74, 6) is 0. The first kappa shape index (κ1) is 7.00. The van der Waals surface area contributed by atoms with Crippen LogP contribution in [0.1, 0.15) is 46.0 Å². The lowest BCUT2D eigenvalue weighted by molar-refractivity contribution is 0.504. The zero-order valence-electron chi connectivity index (χ0n) is 5.54. The summed E-state index contributed by atoms with van der Waals surface area (Å²) < 4.78 is 0. The highest BCUT2D eigenvalue weighted by molar-refractivity contribution is 4.50. The van der Waals surface area contributed by atoms with Crippen molar-refractivity contribution in [2.75, 3.05) is 0 Å². The van der Waals surface area contributed by atoms with Crippen molar-refractivity contribution in [1.82, 2.24) is 0 Å². The summed E-state index contributed by atoms with van der Waals surface area (Å²) in [5.41, 5.74) is 0. The standard InChI is InChI=1S/C4H8.C3H8/c1-2-4-3-1;1-3-2/h1-4H2;3H2,1-2H3. The van der Waals surface area contributed by atoms with Gasteiger partial charge in [-0.25, -0.2) is 0 Å². The molecule has 0 nitrogen and oxygen atoms in total. The largest absolute Gasteiger partial charge is 0.0656 e. The Bertz CT molecular complexity index is 15.2. The fraction of sp³-hybridized carbons (Fsp3) is 1.00. The molecule has 0 heterocycles. The molecular formula is C7H16. The second kappa shape index (κ2) is 6.00. The Morgan fingerprint density at radius 2 is 1.00 bits per heavy atom. The second-order valence-electron chi connectivity index (χ2n) is 2.12. The van der Waals surface area contributed by atoms with E-state index in [4.69, 9.17) is 0 Å². The molecule has 0 aromatic carbocycles. The molecule has 0 aromatic rings. The third-order valence-corrected chi connectivity index (χ3v) is 1.000. The lowest BCUT2D eigenvalue weighted by Gasteiger charge is -2.05. The highest BCUT2D eigenvalue weighted by Gasteiger charge is 1.95. The van der Waals surface area contributed by atoms with Gasteiger partial charge in [-0.1, -0.05) is 46.0 Å². The fourth-order valence-corrected chi connectivity index (χ4v) is 0.250. The highest BCUT2D eigenvalue weighted by atomic mass is 14.0. The minimum atomic E-state index is 1.25. The maximum Gasteiger partial charge on any atom is -0.0533 e. The van der Waals surface area contributed by atoms with Gasteiger partial charge >= 0.3 is 0 Å². The van der Waals surface area contributed by atoms with Crippen LogP contribution < -0.4 is 0 Å². The van der Waals surface area contributed by atoms with E-state index >= 15 is 0 Å². The lowest BCUT2D eigenvalue weighted by Crippen LogP contribution is -1.85. The third kappa shape index (κ3) is 6.00. The molecule has 0 aromatic heterocycles. The van der Waals surface area contributed by atoms with Crippen LogP contribution in [0.3, 0.4) is 0 Å². The highest BCUT2D eigenvalue weighted by Crippen LogP contribution is 2.15. The Morgan fingerprint density at radius 1 is 0.857 bits per heavy atom. The van der Waals surface area contributed by atoms with Crippen LogP contribution in [-0.4, -0.2) is 0 Å².